The molecule has 1 aliphatic heterocycles. The van der Waals surface area contributed by atoms with Crippen molar-refractivity contribution in [3.63, 3.8) is 0 Å². The highest BCUT2D eigenvalue weighted by molar-refractivity contribution is 5.86. The Morgan fingerprint density at radius 1 is 1.15 bits per heavy atom. The number of fused-ring (bicyclic) bond motifs is 3. The van der Waals surface area contributed by atoms with Gasteiger partial charge in [0.1, 0.15) is 5.82 Å². The smallest absolute Gasteiger partial charge is 0.227 e. The molecule has 6 heteroatoms. The van der Waals surface area contributed by atoms with Crippen molar-refractivity contribution in [2.75, 3.05) is 20.8 Å². The Morgan fingerprint density at radius 3 is 2.74 bits per heavy atom. The summed E-state index contributed by atoms with van der Waals surface area (Å²) in [7, 11) is 3.16. The van der Waals surface area contributed by atoms with Crippen LogP contribution in [0.5, 0.6) is 11.5 Å². The van der Waals surface area contributed by atoms with E-state index in [1.165, 1.54) is 12.1 Å². The molecular formula is C21H21FN2O3. The highest BCUT2D eigenvalue weighted by Crippen LogP contribution is 2.30. The Balaban J connectivity index is 1.54. The minimum absolute atomic E-state index is 0.0404. The van der Waals surface area contributed by atoms with Crippen LogP contribution in [-0.2, 0) is 24.2 Å². The number of rotatable bonds is 4. The Morgan fingerprint density at radius 2 is 1.96 bits per heavy atom. The van der Waals surface area contributed by atoms with Crippen LogP contribution in [0.25, 0.3) is 10.9 Å². The van der Waals surface area contributed by atoms with E-state index in [9.17, 15) is 9.18 Å². The minimum Gasteiger partial charge on any atom is -0.493 e. The van der Waals surface area contributed by atoms with E-state index in [-0.39, 0.29) is 18.1 Å². The van der Waals surface area contributed by atoms with Crippen LogP contribution < -0.4 is 9.47 Å². The largest absolute Gasteiger partial charge is 0.493 e. The Kier molecular flexibility index (Phi) is 4.48. The number of methoxy groups -OCH3 is 2. The average molecular weight is 368 g/mol. The molecule has 3 aromatic rings. The lowest BCUT2D eigenvalue weighted by atomic mass is 10.0. The van der Waals surface area contributed by atoms with Crippen LogP contribution in [0.1, 0.15) is 16.8 Å². The van der Waals surface area contributed by atoms with Crippen LogP contribution >= 0.6 is 0 Å². The zero-order valence-electron chi connectivity index (χ0n) is 15.3. The van der Waals surface area contributed by atoms with Gasteiger partial charge in [-0.1, -0.05) is 6.07 Å². The van der Waals surface area contributed by atoms with Crippen molar-refractivity contribution in [2.45, 2.75) is 19.4 Å². The molecule has 0 radical (unpaired) electrons. The third-order valence-corrected chi connectivity index (χ3v) is 5.09. The molecule has 2 heterocycles. The number of benzene rings is 2. The summed E-state index contributed by atoms with van der Waals surface area (Å²) in [5.74, 6) is 1.02. The predicted molar refractivity (Wildman–Crippen MR) is 101 cm³/mol. The number of carbonyl (C=O) groups is 1. The zero-order valence-corrected chi connectivity index (χ0v) is 15.3. The lowest BCUT2D eigenvalue weighted by Gasteiger charge is -2.27. The number of H-pyrrole nitrogens is 1. The second-order valence-electron chi connectivity index (χ2n) is 6.70. The van der Waals surface area contributed by atoms with Gasteiger partial charge in [-0.05, 0) is 35.9 Å². The highest BCUT2D eigenvalue weighted by atomic mass is 19.1. The zero-order chi connectivity index (χ0) is 19.0. The predicted octanol–water partition coefficient (Wildman–Crippen LogP) is 3.45. The quantitative estimate of drug-likeness (QED) is 0.767. The van der Waals surface area contributed by atoms with E-state index >= 15 is 0 Å². The van der Waals surface area contributed by atoms with Crippen LogP contribution in [0, 0.1) is 5.82 Å². The summed E-state index contributed by atoms with van der Waals surface area (Å²) in [4.78, 5) is 18.0. The van der Waals surface area contributed by atoms with Gasteiger partial charge in [0.15, 0.2) is 11.5 Å². The summed E-state index contributed by atoms with van der Waals surface area (Å²) < 4.78 is 24.2. The Labute approximate surface area is 156 Å². The molecule has 4 rings (SSSR count). The fourth-order valence-electron chi connectivity index (χ4n) is 3.68. The van der Waals surface area contributed by atoms with Crippen molar-refractivity contribution in [1.29, 1.82) is 0 Å². The minimum atomic E-state index is -0.266. The molecule has 0 fully saturated rings. The molecule has 0 unspecified atom stereocenters. The van der Waals surface area contributed by atoms with Gasteiger partial charge in [0, 0.05) is 41.7 Å². The molecule has 0 aliphatic carbocycles. The topological polar surface area (TPSA) is 54.6 Å². The normalized spacial score (nSPS) is 13.5. The molecule has 0 spiro atoms. The molecule has 2 aromatic carbocycles. The van der Waals surface area contributed by atoms with E-state index in [1.807, 2.05) is 17.0 Å². The van der Waals surface area contributed by atoms with E-state index < -0.39 is 0 Å². The van der Waals surface area contributed by atoms with Gasteiger partial charge in [0.25, 0.3) is 0 Å². The summed E-state index contributed by atoms with van der Waals surface area (Å²) in [5, 5.41) is 0.855. The molecule has 0 saturated heterocycles. The highest BCUT2D eigenvalue weighted by Gasteiger charge is 2.24. The summed E-state index contributed by atoms with van der Waals surface area (Å²) >= 11 is 0. The van der Waals surface area contributed by atoms with Crippen molar-refractivity contribution in [1.82, 2.24) is 9.88 Å². The van der Waals surface area contributed by atoms with Gasteiger partial charge < -0.3 is 19.4 Å². The second kappa shape index (κ2) is 6.95. The van der Waals surface area contributed by atoms with Crippen molar-refractivity contribution in [3.8, 4) is 11.5 Å². The Bertz CT molecular complexity index is 1010. The fraction of sp³-hybridized carbons (Fsp3) is 0.286. The molecule has 27 heavy (non-hydrogen) atoms. The van der Waals surface area contributed by atoms with Crippen LogP contribution in [0.4, 0.5) is 4.39 Å². The number of carbonyl (C=O) groups excluding carboxylic acids is 1. The van der Waals surface area contributed by atoms with E-state index in [4.69, 9.17) is 9.47 Å². The number of nitrogens with zero attached hydrogens (tertiary/aromatic N) is 1. The number of ether oxygens (including phenoxy) is 2. The first-order valence-corrected chi connectivity index (χ1v) is 8.86. The third kappa shape index (κ3) is 3.23. The molecule has 5 nitrogen and oxygen atoms in total. The first kappa shape index (κ1) is 17.4. The van der Waals surface area contributed by atoms with Gasteiger partial charge in [0.05, 0.1) is 20.6 Å². The van der Waals surface area contributed by atoms with Gasteiger partial charge in [-0.3, -0.25) is 4.79 Å². The van der Waals surface area contributed by atoms with Crippen molar-refractivity contribution < 1.29 is 18.7 Å². The molecule has 1 aromatic heterocycles. The number of halogens is 1. The molecule has 1 N–H and O–H groups in total. The van der Waals surface area contributed by atoms with Gasteiger partial charge >= 0.3 is 0 Å². The first-order chi connectivity index (χ1) is 13.1. The number of aromatic nitrogens is 1. The fourth-order valence-corrected chi connectivity index (χ4v) is 3.68. The van der Waals surface area contributed by atoms with Gasteiger partial charge in [0.2, 0.25) is 5.91 Å². The maximum absolute atomic E-state index is 13.6. The van der Waals surface area contributed by atoms with Gasteiger partial charge in [-0.25, -0.2) is 4.39 Å². The number of amides is 1. The van der Waals surface area contributed by atoms with Crippen LogP contribution in [0.3, 0.4) is 0 Å². The average Bonchev–Trinajstić information content (AvgIpc) is 3.04. The molecule has 0 bridgehead atoms. The molecule has 0 atom stereocenters. The van der Waals surface area contributed by atoms with E-state index in [1.54, 1.807) is 26.4 Å². The molecular weight excluding hydrogens is 347 g/mol. The van der Waals surface area contributed by atoms with Crippen LogP contribution in [-0.4, -0.2) is 36.6 Å². The maximum atomic E-state index is 13.6. The lowest BCUT2D eigenvalue weighted by molar-refractivity contribution is -0.131. The number of nitrogens with one attached hydrogen (secondary N) is 1. The summed E-state index contributed by atoms with van der Waals surface area (Å²) in [6.07, 6.45) is 1.02. The molecule has 1 amide bonds. The van der Waals surface area contributed by atoms with Gasteiger partial charge in [-0.15, -0.1) is 0 Å². The monoisotopic (exact) mass is 368 g/mol. The van der Waals surface area contributed by atoms with Crippen LogP contribution in [0.2, 0.25) is 0 Å². The maximum Gasteiger partial charge on any atom is 0.227 e. The third-order valence-electron chi connectivity index (χ3n) is 5.09. The number of aromatic amines is 1. The van der Waals surface area contributed by atoms with Crippen molar-refractivity contribution >= 4 is 16.8 Å². The van der Waals surface area contributed by atoms with E-state index in [0.717, 1.165) is 34.1 Å². The van der Waals surface area contributed by atoms with E-state index in [2.05, 4.69) is 4.98 Å². The van der Waals surface area contributed by atoms with Gasteiger partial charge in [-0.2, -0.15) is 0 Å². The van der Waals surface area contributed by atoms with E-state index in [0.29, 0.717) is 24.6 Å². The molecule has 0 saturated carbocycles. The number of hydrogen-bond acceptors (Lipinski definition) is 3. The van der Waals surface area contributed by atoms with Crippen molar-refractivity contribution in [3.05, 3.63) is 59.0 Å². The second-order valence-corrected chi connectivity index (χ2v) is 6.70. The molecule has 140 valence electrons. The number of hydrogen-bond donors (Lipinski definition) is 1. The summed E-state index contributed by atoms with van der Waals surface area (Å²) in [6.45, 7) is 1.14. The lowest BCUT2D eigenvalue weighted by Crippen LogP contribution is -2.36. The SMILES string of the molecule is COc1ccc(CC(=O)N2CCc3[nH]c4ccc(F)cc4c3C2)cc1OC. The van der Waals surface area contributed by atoms with Crippen LogP contribution in [0.15, 0.2) is 36.4 Å². The standard InChI is InChI=1S/C21H21FN2O3/c1-26-19-6-3-13(9-20(19)27-2)10-21(25)24-8-7-18-16(12-24)15-11-14(22)4-5-17(15)23-18/h3-6,9,11,23H,7-8,10,12H2,1-2H3. The first-order valence-electron chi connectivity index (χ1n) is 8.86. The van der Waals surface area contributed by atoms with Crippen molar-refractivity contribution in [2.24, 2.45) is 0 Å². The summed E-state index contributed by atoms with van der Waals surface area (Å²) in [6, 6.07) is 10.2. The summed E-state index contributed by atoms with van der Waals surface area (Å²) in [5.41, 5.74) is 3.88. The Hall–Kier alpha value is -3.02. The molecule has 1 aliphatic rings.